The summed E-state index contributed by atoms with van der Waals surface area (Å²) in [6, 6.07) is 13.1. The zero-order chi connectivity index (χ0) is 13.9. The number of benzene rings is 2. The summed E-state index contributed by atoms with van der Waals surface area (Å²) in [4.78, 5) is 4.36. The largest absolute Gasteiger partial charge is 0.497 e. The molecule has 0 atom stereocenters. The van der Waals surface area contributed by atoms with Crippen LogP contribution >= 0.6 is 11.6 Å². The average Bonchev–Trinajstić information content (AvgIpc) is 2.87. The van der Waals surface area contributed by atoms with Gasteiger partial charge in [-0.05, 0) is 42.0 Å². The van der Waals surface area contributed by atoms with Gasteiger partial charge in [0, 0.05) is 11.1 Å². The molecule has 0 saturated carbocycles. The van der Waals surface area contributed by atoms with Crippen LogP contribution in [0.1, 0.15) is 11.5 Å². The number of halogens is 1. The van der Waals surface area contributed by atoms with Crippen molar-refractivity contribution in [2.24, 2.45) is 0 Å². The molecule has 1 aromatic heterocycles. The molecular weight excluding hydrogens is 274 g/mol. The van der Waals surface area contributed by atoms with Gasteiger partial charge in [-0.3, -0.25) is 0 Å². The van der Waals surface area contributed by atoms with E-state index in [2.05, 4.69) is 4.98 Å². The molecule has 0 bridgehead atoms. The summed E-state index contributed by atoms with van der Waals surface area (Å²) in [5.41, 5.74) is 2.53. The maximum atomic E-state index is 5.92. The minimum atomic E-state index is 0.554. The van der Waals surface area contributed by atoms with E-state index in [-0.39, 0.29) is 0 Å². The highest BCUT2D eigenvalue weighted by Crippen LogP contribution is 2.21. The van der Waals surface area contributed by atoms with Crippen molar-refractivity contribution in [1.82, 2.24) is 4.98 Å². The number of ether oxygens (including phenoxy) is 1. The summed E-state index contributed by atoms with van der Waals surface area (Å²) in [5.74, 6) is 1.39. The fourth-order valence-corrected chi connectivity index (χ4v) is 2.04. The quantitative estimate of drug-likeness (QED) is 0.702. The second-order valence-electron chi connectivity index (χ2n) is 4.27. The summed E-state index contributed by atoms with van der Waals surface area (Å²) in [5, 5.41) is 0.650. The van der Waals surface area contributed by atoms with Gasteiger partial charge < -0.3 is 9.15 Å². The maximum Gasteiger partial charge on any atom is 0.220 e. The van der Waals surface area contributed by atoms with Crippen molar-refractivity contribution in [3.8, 4) is 5.75 Å². The summed E-state index contributed by atoms with van der Waals surface area (Å²) in [7, 11) is 1.65. The lowest BCUT2D eigenvalue weighted by Gasteiger charge is -1.98. The number of fused-ring (bicyclic) bond motifs is 1. The van der Waals surface area contributed by atoms with Gasteiger partial charge in [0.2, 0.25) is 5.89 Å². The molecule has 0 aliphatic rings. The lowest BCUT2D eigenvalue weighted by atomic mass is 10.2. The van der Waals surface area contributed by atoms with Crippen LogP contribution in [0.4, 0.5) is 0 Å². The fraction of sp³-hybridized carbons (Fsp3) is 0.0625. The highest BCUT2D eigenvalue weighted by atomic mass is 35.5. The van der Waals surface area contributed by atoms with Crippen molar-refractivity contribution in [2.75, 3.05) is 7.11 Å². The molecule has 3 aromatic rings. The van der Waals surface area contributed by atoms with Gasteiger partial charge in [0.05, 0.1) is 7.11 Å². The Labute approximate surface area is 121 Å². The molecule has 0 aliphatic carbocycles. The molecule has 0 amide bonds. The third-order valence-corrected chi connectivity index (χ3v) is 3.14. The van der Waals surface area contributed by atoms with E-state index in [4.69, 9.17) is 20.8 Å². The van der Waals surface area contributed by atoms with Crippen molar-refractivity contribution >= 4 is 34.9 Å². The molecule has 3 rings (SSSR count). The predicted molar refractivity (Wildman–Crippen MR) is 80.9 cm³/mol. The Kier molecular flexibility index (Phi) is 3.44. The molecule has 0 saturated heterocycles. The van der Waals surface area contributed by atoms with Crippen LogP contribution in [0.5, 0.6) is 5.75 Å². The highest BCUT2D eigenvalue weighted by molar-refractivity contribution is 6.31. The van der Waals surface area contributed by atoms with Crippen LogP contribution in [-0.4, -0.2) is 12.1 Å². The average molecular weight is 286 g/mol. The first-order valence-corrected chi connectivity index (χ1v) is 6.50. The van der Waals surface area contributed by atoms with E-state index in [1.807, 2.05) is 42.5 Å². The summed E-state index contributed by atoms with van der Waals surface area (Å²) in [6.07, 6.45) is 3.77. The first-order valence-electron chi connectivity index (χ1n) is 6.13. The first-order chi connectivity index (χ1) is 9.74. The number of methoxy groups -OCH3 is 1. The number of hydrogen-bond donors (Lipinski definition) is 0. The van der Waals surface area contributed by atoms with Crippen LogP contribution in [0.2, 0.25) is 5.02 Å². The van der Waals surface area contributed by atoms with Crippen LogP contribution in [0, 0.1) is 0 Å². The van der Waals surface area contributed by atoms with E-state index in [0.29, 0.717) is 10.9 Å². The van der Waals surface area contributed by atoms with Crippen LogP contribution in [0.15, 0.2) is 46.9 Å². The van der Waals surface area contributed by atoms with Gasteiger partial charge in [-0.2, -0.15) is 0 Å². The molecular formula is C16H12ClNO2. The second kappa shape index (κ2) is 5.39. The molecule has 20 heavy (non-hydrogen) atoms. The third kappa shape index (κ3) is 2.68. The molecule has 3 nitrogen and oxygen atoms in total. The smallest absolute Gasteiger partial charge is 0.220 e. The van der Waals surface area contributed by atoms with E-state index in [1.54, 1.807) is 19.2 Å². The van der Waals surface area contributed by atoms with Crippen LogP contribution in [0.25, 0.3) is 23.3 Å². The van der Waals surface area contributed by atoms with E-state index in [9.17, 15) is 0 Å². The van der Waals surface area contributed by atoms with Crippen LogP contribution < -0.4 is 4.74 Å². The highest BCUT2D eigenvalue weighted by Gasteiger charge is 2.03. The minimum Gasteiger partial charge on any atom is -0.497 e. The van der Waals surface area contributed by atoms with E-state index >= 15 is 0 Å². The van der Waals surface area contributed by atoms with E-state index in [0.717, 1.165) is 22.4 Å². The Bertz CT molecular complexity index is 760. The molecule has 100 valence electrons. The molecule has 0 spiro atoms. The van der Waals surface area contributed by atoms with Gasteiger partial charge in [-0.15, -0.1) is 0 Å². The molecule has 0 fully saturated rings. The monoisotopic (exact) mass is 285 g/mol. The lowest BCUT2D eigenvalue weighted by Crippen LogP contribution is -1.81. The Morgan fingerprint density at radius 1 is 1.10 bits per heavy atom. The zero-order valence-corrected chi connectivity index (χ0v) is 11.6. The number of oxazole rings is 1. The van der Waals surface area contributed by atoms with Crippen molar-refractivity contribution in [1.29, 1.82) is 0 Å². The number of hydrogen-bond acceptors (Lipinski definition) is 3. The molecule has 0 aliphatic heterocycles. The van der Waals surface area contributed by atoms with Gasteiger partial charge >= 0.3 is 0 Å². The predicted octanol–water partition coefficient (Wildman–Crippen LogP) is 4.66. The van der Waals surface area contributed by atoms with Gasteiger partial charge in [0.25, 0.3) is 0 Å². The molecule has 2 aromatic carbocycles. The van der Waals surface area contributed by atoms with Gasteiger partial charge in [0.15, 0.2) is 5.58 Å². The molecule has 0 radical (unpaired) electrons. The standard InChI is InChI=1S/C16H12ClNO2/c1-19-13-6-2-11(3-7-13)4-9-16-18-14-10-12(17)5-8-15(14)20-16/h2-10H,1H3/b9-4+. The number of rotatable bonds is 3. The van der Waals surface area contributed by atoms with Crippen molar-refractivity contribution in [2.45, 2.75) is 0 Å². The van der Waals surface area contributed by atoms with E-state index < -0.39 is 0 Å². The third-order valence-electron chi connectivity index (χ3n) is 2.90. The molecule has 0 N–H and O–H groups in total. The summed E-state index contributed by atoms with van der Waals surface area (Å²) < 4.78 is 10.7. The lowest BCUT2D eigenvalue weighted by molar-refractivity contribution is 0.415. The van der Waals surface area contributed by atoms with Gasteiger partial charge in [0.1, 0.15) is 11.3 Å². The Morgan fingerprint density at radius 2 is 1.90 bits per heavy atom. The van der Waals surface area contributed by atoms with Gasteiger partial charge in [-0.1, -0.05) is 23.7 Å². The van der Waals surface area contributed by atoms with Crippen molar-refractivity contribution < 1.29 is 9.15 Å². The minimum absolute atomic E-state index is 0.554. The SMILES string of the molecule is COc1ccc(/C=C/c2nc3cc(Cl)ccc3o2)cc1. The first kappa shape index (κ1) is 12.8. The molecule has 4 heteroatoms. The Balaban J connectivity index is 1.85. The number of nitrogens with zero attached hydrogens (tertiary/aromatic N) is 1. The normalized spacial score (nSPS) is 11.3. The Hall–Kier alpha value is -2.26. The molecule has 0 unspecified atom stereocenters. The van der Waals surface area contributed by atoms with Crippen molar-refractivity contribution in [3.63, 3.8) is 0 Å². The van der Waals surface area contributed by atoms with Gasteiger partial charge in [-0.25, -0.2) is 4.98 Å². The zero-order valence-electron chi connectivity index (χ0n) is 10.8. The van der Waals surface area contributed by atoms with Crippen LogP contribution in [-0.2, 0) is 0 Å². The second-order valence-corrected chi connectivity index (χ2v) is 4.71. The van der Waals surface area contributed by atoms with E-state index in [1.165, 1.54) is 0 Å². The number of aromatic nitrogens is 1. The van der Waals surface area contributed by atoms with Crippen molar-refractivity contribution in [3.05, 3.63) is 58.9 Å². The molecule has 1 heterocycles. The summed E-state index contributed by atoms with van der Waals surface area (Å²) in [6.45, 7) is 0. The summed E-state index contributed by atoms with van der Waals surface area (Å²) >= 11 is 5.92. The fourth-order valence-electron chi connectivity index (χ4n) is 1.87. The topological polar surface area (TPSA) is 35.3 Å². The maximum absolute atomic E-state index is 5.92. The Morgan fingerprint density at radius 3 is 2.65 bits per heavy atom. The van der Waals surface area contributed by atoms with Crippen LogP contribution in [0.3, 0.4) is 0 Å².